The fraction of sp³-hybridized carbons (Fsp3) is 0.250. The highest BCUT2D eigenvalue weighted by atomic mass is 32.2. The summed E-state index contributed by atoms with van der Waals surface area (Å²) in [5.41, 5.74) is 7.46. The fourth-order valence-electron chi connectivity index (χ4n) is 0.975. The SMILES string of the molecule is Cc1ccc(NS(C)(=O)=O)c(N)c1. The lowest BCUT2D eigenvalue weighted by Crippen LogP contribution is -2.11. The third kappa shape index (κ3) is 2.95. The molecule has 0 saturated carbocycles. The number of anilines is 2. The van der Waals surface area contributed by atoms with Gasteiger partial charge in [-0.05, 0) is 24.6 Å². The van der Waals surface area contributed by atoms with Crippen molar-refractivity contribution in [2.75, 3.05) is 16.7 Å². The molecule has 0 fully saturated rings. The highest BCUT2D eigenvalue weighted by molar-refractivity contribution is 7.92. The van der Waals surface area contributed by atoms with Crippen molar-refractivity contribution in [1.82, 2.24) is 0 Å². The topological polar surface area (TPSA) is 72.2 Å². The summed E-state index contributed by atoms with van der Waals surface area (Å²) >= 11 is 0. The molecule has 0 aromatic heterocycles. The Hall–Kier alpha value is -1.23. The van der Waals surface area contributed by atoms with Gasteiger partial charge in [-0.1, -0.05) is 6.07 Å². The predicted octanol–water partition coefficient (Wildman–Crippen LogP) is 0.949. The Morgan fingerprint density at radius 2 is 2.00 bits per heavy atom. The molecule has 13 heavy (non-hydrogen) atoms. The van der Waals surface area contributed by atoms with E-state index in [1.54, 1.807) is 18.2 Å². The Bertz CT molecular complexity index is 412. The van der Waals surface area contributed by atoms with Gasteiger partial charge in [0, 0.05) is 0 Å². The zero-order valence-corrected chi connectivity index (χ0v) is 8.35. The minimum absolute atomic E-state index is 0.424. The van der Waals surface area contributed by atoms with Crippen LogP contribution in [0.4, 0.5) is 11.4 Å². The van der Waals surface area contributed by atoms with E-state index < -0.39 is 10.0 Å². The summed E-state index contributed by atoms with van der Waals surface area (Å²) in [6.07, 6.45) is 1.09. The van der Waals surface area contributed by atoms with E-state index in [1.807, 2.05) is 6.92 Å². The van der Waals surface area contributed by atoms with Crippen LogP contribution in [-0.2, 0) is 10.0 Å². The molecule has 4 nitrogen and oxygen atoms in total. The molecule has 3 N–H and O–H groups in total. The smallest absolute Gasteiger partial charge is 0.229 e. The highest BCUT2D eigenvalue weighted by Gasteiger charge is 2.04. The molecule has 0 amide bonds. The Kier molecular flexibility index (Phi) is 2.47. The molecule has 0 radical (unpaired) electrons. The van der Waals surface area contributed by atoms with Gasteiger partial charge in [0.2, 0.25) is 10.0 Å². The first-order chi connectivity index (χ1) is 5.88. The molecule has 1 rings (SSSR count). The number of hydrogen-bond donors (Lipinski definition) is 2. The Balaban J connectivity index is 3.04. The maximum absolute atomic E-state index is 10.9. The van der Waals surface area contributed by atoms with Crippen LogP contribution >= 0.6 is 0 Å². The summed E-state index contributed by atoms with van der Waals surface area (Å²) in [5, 5.41) is 0. The van der Waals surface area contributed by atoms with E-state index in [0.29, 0.717) is 11.4 Å². The lowest BCUT2D eigenvalue weighted by Gasteiger charge is -2.07. The van der Waals surface area contributed by atoms with E-state index in [4.69, 9.17) is 5.73 Å². The van der Waals surface area contributed by atoms with Gasteiger partial charge in [-0.2, -0.15) is 0 Å². The zero-order chi connectivity index (χ0) is 10.1. The average molecular weight is 200 g/mol. The van der Waals surface area contributed by atoms with Gasteiger partial charge in [-0.25, -0.2) is 8.42 Å². The second-order valence-corrected chi connectivity index (χ2v) is 4.71. The molecule has 0 aliphatic rings. The van der Waals surface area contributed by atoms with Gasteiger partial charge >= 0.3 is 0 Å². The summed E-state index contributed by atoms with van der Waals surface area (Å²) < 4.78 is 24.1. The second kappa shape index (κ2) is 3.26. The quantitative estimate of drug-likeness (QED) is 0.698. The maximum Gasteiger partial charge on any atom is 0.229 e. The molecule has 0 spiro atoms. The summed E-state index contributed by atoms with van der Waals surface area (Å²) in [4.78, 5) is 0. The lowest BCUT2D eigenvalue weighted by molar-refractivity contribution is 0.607. The molecule has 5 heteroatoms. The van der Waals surface area contributed by atoms with Crippen LogP contribution in [0.2, 0.25) is 0 Å². The Morgan fingerprint density at radius 1 is 1.38 bits per heavy atom. The van der Waals surface area contributed by atoms with Crippen molar-refractivity contribution in [2.45, 2.75) is 6.92 Å². The molecule has 0 bridgehead atoms. The normalized spacial score (nSPS) is 11.2. The van der Waals surface area contributed by atoms with Gasteiger partial charge in [0.05, 0.1) is 17.6 Å². The van der Waals surface area contributed by atoms with Crippen molar-refractivity contribution < 1.29 is 8.42 Å². The van der Waals surface area contributed by atoms with Gasteiger partial charge in [0.15, 0.2) is 0 Å². The molecule has 1 aromatic carbocycles. The van der Waals surface area contributed by atoms with Crippen LogP contribution in [-0.4, -0.2) is 14.7 Å². The molecule has 0 atom stereocenters. The summed E-state index contributed by atoms with van der Waals surface area (Å²) in [7, 11) is -3.24. The molecule has 0 heterocycles. The van der Waals surface area contributed by atoms with Crippen LogP contribution in [0.5, 0.6) is 0 Å². The monoisotopic (exact) mass is 200 g/mol. The predicted molar refractivity (Wildman–Crippen MR) is 54.1 cm³/mol. The number of aryl methyl sites for hydroxylation is 1. The number of benzene rings is 1. The van der Waals surface area contributed by atoms with Crippen LogP contribution in [0.25, 0.3) is 0 Å². The number of nitrogen functional groups attached to an aromatic ring is 1. The number of hydrogen-bond acceptors (Lipinski definition) is 3. The first-order valence-corrected chi connectivity index (χ1v) is 5.61. The summed E-state index contributed by atoms with van der Waals surface area (Å²) in [5.74, 6) is 0. The number of sulfonamides is 1. The van der Waals surface area contributed by atoms with Crippen molar-refractivity contribution in [3.8, 4) is 0 Å². The van der Waals surface area contributed by atoms with Gasteiger partial charge in [-0.15, -0.1) is 0 Å². The van der Waals surface area contributed by atoms with Crippen molar-refractivity contribution in [1.29, 1.82) is 0 Å². The maximum atomic E-state index is 10.9. The van der Waals surface area contributed by atoms with Crippen molar-refractivity contribution in [2.24, 2.45) is 0 Å². The lowest BCUT2D eigenvalue weighted by atomic mass is 10.2. The fourth-order valence-corrected chi connectivity index (χ4v) is 1.56. The summed E-state index contributed by atoms with van der Waals surface area (Å²) in [6, 6.07) is 5.16. The third-order valence-electron chi connectivity index (χ3n) is 1.50. The molecule has 72 valence electrons. The van der Waals surface area contributed by atoms with E-state index in [9.17, 15) is 8.42 Å². The minimum atomic E-state index is -3.24. The molecule has 0 aliphatic heterocycles. The van der Waals surface area contributed by atoms with Crippen LogP contribution in [0, 0.1) is 6.92 Å². The van der Waals surface area contributed by atoms with Gasteiger partial charge in [0.1, 0.15) is 0 Å². The van der Waals surface area contributed by atoms with E-state index in [2.05, 4.69) is 4.72 Å². The van der Waals surface area contributed by atoms with Crippen LogP contribution < -0.4 is 10.5 Å². The number of nitrogens with two attached hydrogens (primary N) is 1. The van der Waals surface area contributed by atoms with Crippen LogP contribution in [0.1, 0.15) is 5.56 Å². The van der Waals surface area contributed by atoms with Gasteiger partial charge < -0.3 is 5.73 Å². The summed E-state index contributed by atoms with van der Waals surface area (Å²) in [6.45, 7) is 1.89. The van der Waals surface area contributed by atoms with Crippen molar-refractivity contribution in [3.05, 3.63) is 23.8 Å². The first-order valence-electron chi connectivity index (χ1n) is 3.72. The number of rotatable bonds is 2. The van der Waals surface area contributed by atoms with E-state index >= 15 is 0 Å². The molecular formula is C8H12N2O2S. The molecule has 0 unspecified atom stereocenters. The molecular weight excluding hydrogens is 188 g/mol. The number of nitrogens with one attached hydrogen (secondary N) is 1. The Morgan fingerprint density at radius 3 is 2.46 bits per heavy atom. The second-order valence-electron chi connectivity index (χ2n) is 2.96. The van der Waals surface area contributed by atoms with Crippen molar-refractivity contribution in [3.63, 3.8) is 0 Å². The van der Waals surface area contributed by atoms with E-state index in [1.165, 1.54) is 0 Å². The van der Waals surface area contributed by atoms with Crippen molar-refractivity contribution >= 4 is 21.4 Å². The van der Waals surface area contributed by atoms with Crippen LogP contribution in [0.15, 0.2) is 18.2 Å². The first kappa shape index (κ1) is 9.85. The third-order valence-corrected chi connectivity index (χ3v) is 2.09. The van der Waals surface area contributed by atoms with Crippen LogP contribution in [0.3, 0.4) is 0 Å². The van der Waals surface area contributed by atoms with E-state index in [0.717, 1.165) is 11.8 Å². The zero-order valence-electron chi connectivity index (χ0n) is 7.53. The minimum Gasteiger partial charge on any atom is -0.397 e. The Labute approximate surface area is 77.8 Å². The standard InChI is InChI=1S/C8H12N2O2S/c1-6-3-4-8(7(9)5-6)10-13(2,11)12/h3-5,10H,9H2,1-2H3. The average Bonchev–Trinajstić information content (AvgIpc) is 1.93. The van der Waals surface area contributed by atoms with E-state index in [-0.39, 0.29) is 0 Å². The van der Waals surface area contributed by atoms with Gasteiger partial charge in [0.25, 0.3) is 0 Å². The highest BCUT2D eigenvalue weighted by Crippen LogP contribution is 2.19. The molecule has 0 saturated heterocycles. The van der Waals surface area contributed by atoms with Gasteiger partial charge in [-0.3, -0.25) is 4.72 Å². The largest absolute Gasteiger partial charge is 0.397 e. The molecule has 0 aliphatic carbocycles. The molecule has 1 aromatic rings.